The van der Waals surface area contributed by atoms with E-state index in [0.29, 0.717) is 5.65 Å². The summed E-state index contributed by atoms with van der Waals surface area (Å²) in [6.07, 6.45) is 5.75. The van der Waals surface area contributed by atoms with Crippen molar-refractivity contribution in [1.82, 2.24) is 19.6 Å². The summed E-state index contributed by atoms with van der Waals surface area (Å²) >= 11 is 0. The molecule has 5 aromatic rings. The highest BCUT2D eigenvalue weighted by atomic mass is 16.7. The van der Waals surface area contributed by atoms with Crippen LogP contribution >= 0.6 is 0 Å². The Morgan fingerprint density at radius 3 is 2.32 bits per heavy atom. The van der Waals surface area contributed by atoms with E-state index in [1.807, 2.05) is 28.8 Å². The Hall–Kier alpha value is -4.56. The molecule has 0 spiro atoms. The lowest BCUT2D eigenvalue weighted by Gasteiger charge is -2.38. The monoisotopic (exact) mass is 491 g/mol. The number of fused-ring (bicyclic) bond motifs is 1. The van der Waals surface area contributed by atoms with Crippen LogP contribution in [0.15, 0.2) is 85.2 Å². The Balaban J connectivity index is 1.45. The normalized spacial score (nSPS) is 14.2. The van der Waals surface area contributed by atoms with Crippen molar-refractivity contribution in [2.45, 2.75) is 24.8 Å². The predicted molar refractivity (Wildman–Crippen MR) is 140 cm³/mol. The summed E-state index contributed by atoms with van der Waals surface area (Å²) in [5.41, 5.74) is 13.6. The number of nitrogens with two attached hydrogens (primary N) is 1. The van der Waals surface area contributed by atoms with Crippen molar-refractivity contribution in [3.05, 3.63) is 90.8 Å². The van der Waals surface area contributed by atoms with Crippen LogP contribution < -0.4 is 10.5 Å². The summed E-state index contributed by atoms with van der Waals surface area (Å²) < 4.78 is 11.3. The maximum Gasteiger partial charge on any atom is 0.514 e. The van der Waals surface area contributed by atoms with E-state index in [-0.39, 0.29) is 11.4 Å². The van der Waals surface area contributed by atoms with Crippen molar-refractivity contribution < 1.29 is 14.3 Å². The molecule has 6 rings (SSSR count). The molecule has 2 N–H and O–H groups in total. The minimum Gasteiger partial charge on any atom is -0.437 e. The number of rotatable bonds is 5. The Labute approximate surface area is 213 Å². The van der Waals surface area contributed by atoms with E-state index >= 15 is 0 Å². The third kappa shape index (κ3) is 4.21. The molecule has 0 saturated heterocycles. The molecule has 1 saturated carbocycles. The summed E-state index contributed by atoms with van der Waals surface area (Å²) in [6, 6.07) is 24.1. The average Bonchev–Trinajstić information content (AvgIpc) is 3.35. The van der Waals surface area contributed by atoms with Crippen molar-refractivity contribution in [3.8, 4) is 39.5 Å². The first-order valence-electron chi connectivity index (χ1n) is 12.1. The van der Waals surface area contributed by atoms with E-state index in [0.717, 1.165) is 52.0 Å². The molecule has 1 fully saturated rings. The van der Waals surface area contributed by atoms with Crippen LogP contribution in [0, 0.1) is 0 Å². The Bertz CT molecular complexity index is 1570. The number of carbonyl (C=O) groups is 1. The molecule has 2 aromatic carbocycles. The van der Waals surface area contributed by atoms with Gasteiger partial charge >= 0.3 is 6.16 Å². The lowest BCUT2D eigenvalue weighted by molar-refractivity contribution is 0.119. The molecule has 0 amide bonds. The number of carbonyl (C=O) groups excluding carboxylic acids is 1. The first-order valence-corrected chi connectivity index (χ1v) is 12.1. The zero-order valence-corrected chi connectivity index (χ0v) is 20.3. The lowest BCUT2D eigenvalue weighted by atomic mass is 9.72. The smallest absolute Gasteiger partial charge is 0.437 e. The summed E-state index contributed by atoms with van der Waals surface area (Å²) in [6.45, 7) is 0. The standard InChI is InChI=1S/C29H25N5O3/c1-36-28(35)37-26-13-10-21(17-32-26)24-18-31-25-16-23(19-6-3-2-4-7-19)27(33-34(24)25)20-8-11-22(12-9-20)29(30)14-5-15-29/h2-4,6-13,16-18H,5,14-15,30H2,1H3. The molecule has 184 valence electrons. The minimum absolute atomic E-state index is 0.147. The van der Waals surface area contributed by atoms with E-state index in [9.17, 15) is 4.79 Å². The minimum atomic E-state index is -0.821. The van der Waals surface area contributed by atoms with Gasteiger partial charge in [0.25, 0.3) is 0 Å². The van der Waals surface area contributed by atoms with Crippen molar-refractivity contribution in [2.75, 3.05) is 7.11 Å². The van der Waals surface area contributed by atoms with Gasteiger partial charge in [0, 0.05) is 34.5 Å². The highest BCUT2D eigenvalue weighted by molar-refractivity contribution is 5.83. The summed E-state index contributed by atoms with van der Waals surface area (Å²) in [5, 5.41) is 5.06. The summed E-state index contributed by atoms with van der Waals surface area (Å²) in [5.74, 6) is 0.147. The number of nitrogens with zero attached hydrogens (tertiary/aromatic N) is 4. The second-order valence-electron chi connectivity index (χ2n) is 9.21. The van der Waals surface area contributed by atoms with Crippen LogP contribution in [0.25, 0.3) is 39.3 Å². The molecule has 37 heavy (non-hydrogen) atoms. The molecule has 0 unspecified atom stereocenters. The fourth-order valence-electron chi connectivity index (χ4n) is 4.69. The second-order valence-corrected chi connectivity index (χ2v) is 9.21. The Kier molecular flexibility index (Phi) is 5.65. The second kappa shape index (κ2) is 9.15. The molecule has 3 heterocycles. The summed E-state index contributed by atoms with van der Waals surface area (Å²) in [7, 11) is 1.25. The molecule has 0 radical (unpaired) electrons. The summed E-state index contributed by atoms with van der Waals surface area (Å²) in [4.78, 5) is 20.2. The van der Waals surface area contributed by atoms with Gasteiger partial charge in [-0.15, -0.1) is 0 Å². The highest BCUT2D eigenvalue weighted by Crippen LogP contribution is 2.40. The average molecular weight is 492 g/mol. The number of hydrogen-bond donors (Lipinski definition) is 1. The van der Waals surface area contributed by atoms with Gasteiger partial charge in [0.15, 0.2) is 5.65 Å². The number of aromatic nitrogens is 4. The fourth-order valence-corrected chi connectivity index (χ4v) is 4.69. The van der Waals surface area contributed by atoms with E-state index in [4.69, 9.17) is 15.6 Å². The first kappa shape index (κ1) is 22.9. The van der Waals surface area contributed by atoms with Crippen LogP contribution in [0.1, 0.15) is 24.8 Å². The third-order valence-electron chi connectivity index (χ3n) is 6.94. The van der Waals surface area contributed by atoms with Gasteiger partial charge in [-0.1, -0.05) is 54.6 Å². The highest BCUT2D eigenvalue weighted by Gasteiger charge is 2.34. The van der Waals surface area contributed by atoms with E-state index < -0.39 is 6.16 Å². The molecule has 0 bridgehead atoms. The molecule has 8 heteroatoms. The zero-order valence-electron chi connectivity index (χ0n) is 20.3. The number of benzene rings is 2. The van der Waals surface area contributed by atoms with Crippen LogP contribution in [0.2, 0.25) is 0 Å². The first-order chi connectivity index (χ1) is 18.0. The van der Waals surface area contributed by atoms with Gasteiger partial charge in [-0.2, -0.15) is 5.10 Å². The Morgan fingerprint density at radius 1 is 0.919 bits per heavy atom. The van der Waals surface area contributed by atoms with Crippen molar-refractivity contribution in [1.29, 1.82) is 0 Å². The molecular weight excluding hydrogens is 466 g/mol. The van der Waals surface area contributed by atoms with Crippen molar-refractivity contribution in [2.24, 2.45) is 5.73 Å². The van der Waals surface area contributed by atoms with Crippen LogP contribution in [0.4, 0.5) is 4.79 Å². The van der Waals surface area contributed by atoms with E-state index in [1.54, 1.807) is 24.5 Å². The number of imidazole rings is 1. The quantitative estimate of drug-likeness (QED) is 0.319. The van der Waals surface area contributed by atoms with Gasteiger partial charge in [0.05, 0.1) is 24.7 Å². The van der Waals surface area contributed by atoms with Crippen LogP contribution in [0.5, 0.6) is 5.88 Å². The lowest BCUT2D eigenvalue weighted by Crippen LogP contribution is -2.43. The maximum absolute atomic E-state index is 11.4. The van der Waals surface area contributed by atoms with Crippen LogP contribution in [-0.4, -0.2) is 32.8 Å². The van der Waals surface area contributed by atoms with Crippen LogP contribution in [0.3, 0.4) is 0 Å². The van der Waals surface area contributed by atoms with Gasteiger partial charge in [-0.3, -0.25) is 0 Å². The molecule has 1 aliphatic carbocycles. The van der Waals surface area contributed by atoms with Gasteiger partial charge in [0.1, 0.15) is 0 Å². The van der Waals surface area contributed by atoms with E-state index in [2.05, 4.69) is 51.1 Å². The molecular formula is C29H25N5O3. The van der Waals surface area contributed by atoms with Gasteiger partial charge in [-0.05, 0) is 42.5 Å². The van der Waals surface area contributed by atoms with Gasteiger partial charge in [-0.25, -0.2) is 19.3 Å². The third-order valence-corrected chi connectivity index (χ3v) is 6.94. The van der Waals surface area contributed by atoms with Crippen molar-refractivity contribution in [3.63, 3.8) is 0 Å². The maximum atomic E-state index is 11.4. The Morgan fingerprint density at radius 2 is 1.68 bits per heavy atom. The van der Waals surface area contributed by atoms with Gasteiger partial charge < -0.3 is 15.2 Å². The van der Waals surface area contributed by atoms with E-state index in [1.165, 1.54) is 13.5 Å². The molecule has 3 aromatic heterocycles. The number of methoxy groups -OCH3 is 1. The van der Waals surface area contributed by atoms with Gasteiger partial charge in [0.2, 0.25) is 5.88 Å². The predicted octanol–water partition coefficient (Wildman–Crippen LogP) is 5.61. The van der Waals surface area contributed by atoms with Crippen LogP contribution in [-0.2, 0) is 10.3 Å². The van der Waals surface area contributed by atoms with Crippen molar-refractivity contribution >= 4 is 11.8 Å². The molecule has 0 aliphatic heterocycles. The number of pyridine rings is 1. The largest absolute Gasteiger partial charge is 0.514 e. The topological polar surface area (TPSA) is 105 Å². The number of hydrogen-bond acceptors (Lipinski definition) is 7. The fraction of sp³-hybridized carbons (Fsp3) is 0.172. The molecule has 8 nitrogen and oxygen atoms in total. The number of ether oxygens (including phenoxy) is 2. The molecule has 1 aliphatic rings. The SMILES string of the molecule is COC(=O)Oc1ccc(-c2cnc3cc(-c4ccccc4)c(-c4ccc(C5(N)CCC5)cc4)nn23)cn1. The zero-order chi connectivity index (χ0) is 25.4. The molecule has 0 atom stereocenters.